The molecule has 31 heteroatoms. The number of aryl methyl sites for hydroxylation is 1. The number of benzene rings is 4. The highest BCUT2D eigenvalue weighted by Gasteiger charge is 2.56. The number of phenols is 2. The van der Waals surface area contributed by atoms with E-state index >= 15 is 0 Å². The summed E-state index contributed by atoms with van der Waals surface area (Å²) in [6.45, 7) is 4.75. The van der Waals surface area contributed by atoms with Crippen LogP contribution in [0.15, 0.2) is 78.9 Å². The number of fused-ring (bicyclic) bond motifs is 6. The number of morpholine rings is 1. The van der Waals surface area contributed by atoms with Crippen LogP contribution in [0.2, 0.25) is 0 Å². The highest BCUT2D eigenvalue weighted by atomic mass is 16.7. The number of anilines is 2. The third-order valence-electron chi connectivity index (χ3n) is 18.7. The largest absolute Gasteiger partial charge is 0.507 e. The van der Waals surface area contributed by atoms with Crippen molar-refractivity contribution in [3.63, 3.8) is 0 Å². The first-order valence-corrected chi connectivity index (χ1v) is 33.1. The van der Waals surface area contributed by atoms with Crippen LogP contribution in [-0.2, 0) is 81.4 Å². The number of nitrogens with one attached hydrogen (secondary N) is 4. The molecule has 101 heavy (non-hydrogen) atoms. The van der Waals surface area contributed by atoms with E-state index in [-0.39, 0.29) is 86.0 Å². The molecule has 0 aromatic heterocycles. The molecule has 540 valence electrons. The number of imide groups is 1. The van der Waals surface area contributed by atoms with Crippen molar-refractivity contribution in [3.8, 4) is 17.2 Å². The number of carbonyl (C=O) groups excluding carboxylic acids is 11. The van der Waals surface area contributed by atoms with Crippen molar-refractivity contribution in [2.24, 2.45) is 11.7 Å². The summed E-state index contributed by atoms with van der Waals surface area (Å²) in [7, 11) is 5.57. The molecule has 10 rings (SSSR count). The Bertz CT molecular complexity index is 3890. The van der Waals surface area contributed by atoms with Crippen molar-refractivity contribution >= 4 is 76.5 Å². The van der Waals surface area contributed by atoms with Gasteiger partial charge in [-0.15, -0.1) is 0 Å². The van der Waals surface area contributed by atoms with E-state index in [0.717, 1.165) is 15.4 Å². The maximum atomic E-state index is 14.4. The Kier molecular flexibility index (Phi) is 23.2. The van der Waals surface area contributed by atoms with E-state index in [9.17, 15) is 68.1 Å². The Labute approximate surface area is 580 Å². The van der Waals surface area contributed by atoms with Crippen LogP contribution in [-0.4, -0.2) is 218 Å². The molecule has 3 saturated heterocycles. The molecule has 10 atom stereocenters. The zero-order chi connectivity index (χ0) is 72.7. The lowest BCUT2D eigenvalue weighted by atomic mass is 9.72. The lowest BCUT2D eigenvalue weighted by molar-refractivity contribution is -0.256. The second-order valence-electron chi connectivity index (χ2n) is 25.9. The van der Waals surface area contributed by atoms with Gasteiger partial charge in [-0.05, 0) is 80.0 Å². The molecule has 9 N–H and O–H groups in total. The Hall–Kier alpha value is -9.89. The van der Waals surface area contributed by atoms with Crippen LogP contribution < -0.4 is 36.6 Å². The quantitative estimate of drug-likeness (QED) is 0.0212. The Morgan fingerprint density at radius 3 is 2.14 bits per heavy atom. The van der Waals surface area contributed by atoms with Crippen LogP contribution in [0.25, 0.3) is 0 Å². The van der Waals surface area contributed by atoms with Crippen LogP contribution in [0.4, 0.5) is 25.8 Å². The molecule has 0 spiro atoms. The first kappa shape index (κ1) is 73.8. The molecular weight excluding hydrogens is 1320 g/mol. The number of hydrogen-bond acceptors (Lipinski definition) is 23. The molecule has 0 unspecified atom stereocenters. The Balaban J connectivity index is 0.712. The fourth-order valence-electron chi connectivity index (χ4n) is 13.3. The number of primary amides is 1. The number of nitrogens with two attached hydrogens (primary N) is 1. The third-order valence-corrected chi connectivity index (χ3v) is 18.7. The van der Waals surface area contributed by atoms with Gasteiger partial charge in [0.05, 0.1) is 48.3 Å². The number of aromatic hydroxyl groups is 2. The Morgan fingerprint density at radius 1 is 0.802 bits per heavy atom. The Morgan fingerprint density at radius 2 is 1.48 bits per heavy atom. The third kappa shape index (κ3) is 16.3. The number of urea groups is 1. The normalized spacial score (nSPS) is 22.5. The number of amides is 9. The molecule has 4 aliphatic heterocycles. The van der Waals surface area contributed by atoms with E-state index in [4.69, 9.17) is 43.6 Å². The number of carbonyl (C=O) groups is 11. The lowest BCUT2D eigenvalue weighted by Crippen LogP contribution is -2.55. The fraction of sp³-hybridized carbons (Fsp3) is 0.471. The molecular formula is C70H83N9O22. The van der Waals surface area contributed by atoms with Crippen molar-refractivity contribution in [2.45, 2.75) is 140 Å². The minimum atomic E-state index is -2.49. The zero-order valence-electron chi connectivity index (χ0n) is 56.9. The molecule has 0 saturated carbocycles. The number of nitrogens with zero attached hydrogens (tertiary/aromatic N) is 4. The van der Waals surface area contributed by atoms with Crippen molar-refractivity contribution in [1.82, 2.24) is 30.7 Å². The molecule has 6 aliphatic rings. The number of likely N-dealkylation sites (N-methyl/N-ethyl adjacent to an activating group) is 2. The average Bonchev–Trinajstić information content (AvgIpc) is 1.30. The molecule has 31 nitrogen and oxygen atoms in total. The van der Waals surface area contributed by atoms with Gasteiger partial charge in [0.2, 0.25) is 29.3 Å². The number of ketones is 3. The smallest absolute Gasteiger partial charge is 0.409 e. The lowest BCUT2D eigenvalue weighted by Gasteiger charge is -2.43. The van der Waals surface area contributed by atoms with Gasteiger partial charge in [0.15, 0.2) is 31.2 Å². The maximum Gasteiger partial charge on any atom is 0.409 e. The minimum Gasteiger partial charge on any atom is -0.507 e. The molecule has 9 amide bonds. The van der Waals surface area contributed by atoms with Gasteiger partial charge >= 0.3 is 18.2 Å². The van der Waals surface area contributed by atoms with Crippen LogP contribution in [0.5, 0.6) is 17.2 Å². The minimum absolute atomic E-state index is 0.0435. The predicted octanol–water partition coefficient (Wildman–Crippen LogP) is 3.52. The summed E-state index contributed by atoms with van der Waals surface area (Å²) in [5, 5.41) is 47.5. The second-order valence-corrected chi connectivity index (χ2v) is 25.9. The maximum absolute atomic E-state index is 14.4. The number of methoxy groups -OCH3 is 2. The van der Waals surface area contributed by atoms with Crippen molar-refractivity contribution in [1.29, 1.82) is 0 Å². The van der Waals surface area contributed by atoms with Crippen molar-refractivity contribution in [3.05, 3.63) is 123 Å². The topological polar surface area (TPSA) is 409 Å². The summed E-state index contributed by atoms with van der Waals surface area (Å²) < 4.78 is 47.0. The van der Waals surface area contributed by atoms with E-state index < -0.39 is 168 Å². The summed E-state index contributed by atoms with van der Waals surface area (Å²) in [6.07, 6.45) is -4.16. The van der Waals surface area contributed by atoms with Crippen molar-refractivity contribution < 1.29 is 106 Å². The average molecular weight is 1400 g/mol. The zero-order valence-corrected chi connectivity index (χ0v) is 56.9. The standard InChI is InChI=1S/C70H83N9O22/c1-36(2)57(75-49(81)15-8-11-38-18-22-41(23-19-38)79-50(82)24-25-51(79)83)64(89)74-44(13-10-26-72-67(71)90)63(88)73-40-20-16-39(17-21-40)34-97-68(91)76(4)27-28-77(5)69(92)98-35-48(80)70(93)32-43-54(61(87)56-55(59(43)85)58(84)42-12-9-14-46(94-6)53(42)60(56)86)47(33-70)100-52-31-45-62(37(3)99-52)101-65-66(95-7)96-30-29-78(45)65/h9,12,14,16-25,36-37,44-45,47,52,57,62,65-66,85,87,93H,8,10-11,13,15,26-35H2,1-7H3,(H,73,88)(H,74,89)(H,75,81)(H3,71,72,90)/t37-,44-,45-,47-,52-,57-,62+,65+,66-,70-/m0/s1. The summed E-state index contributed by atoms with van der Waals surface area (Å²) in [5.74, 6) is -7.07. The van der Waals surface area contributed by atoms with E-state index in [1.165, 1.54) is 63.6 Å². The molecule has 0 bridgehead atoms. The number of rotatable bonds is 27. The highest BCUT2D eigenvalue weighted by Crippen LogP contribution is 2.53. The highest BCUT2D eigenvalue weighted by molar-refractivity contribution is 6.31. The molecule has 2 aliphatic carbocycles. The second kappa shape index (κ2) is 31.8. The van der Waals surface area contributed by atoms with Gasteiger partial charge in [0.25, 0.3) is 11.8 Å². The van der Waals surface area contributed by atoms with E-state index in [1.54, 1.807) is 69.3 Å². The van der Waals surface area contributed by atoms with Gasteiger partial charge in [-0.3, -0.25) is 43.3 Å². The van der Waals surface area contributed by atoms with Gasteiger partial charge in [-0.25, -0.2) is 19.3 Å². The first-order valence-electron chi connectivity index (χ1n) is 33.1. The molecule has 3 fully saturated rings. The number of phenolic OH excluding ortho intramolecular Hbond substituents is 2. The van der Waals surface area contributed by atoms with Gasteiger partial charge in [-0.1, -0.05) is 50.2 Å². The van der Waals surface area contributed by atoms with Crippen LogP contribution >= 0.6 is 0 Å². The van der Waals surface area contributed by atoms with Gasteiger partial charge in [-0.2, -0.15) is 0 Å². The number of Topliss-reactive ketones (excluding diaryl/α,β-unsaturated/α-hetero) is 1. The molecule has 4 heterocycles. The van der Waals surface area contributed by atoms with Gasteiger partial charge in [0, 0.05) is 114 Å². The summed E-state index contributed by atoms with van der Waals surface area (Å²) in [4.78, 5) is 151. The van der Waals surface area contributed by atoms with Crippen LogP contribution in [0, 0.1) is 5.92 Å². The number of ether oxygens (including phenoxy) is 8. The first-order chi connectivity index (χ1) is 48.2. The van der Waals surface area contributed by atoms with Gasteiger partial charge in [0.1, 0.15) is 47.6 Å². The van der Waals surface area contributed by atoms with E-state index in [2.05, 4.69) is 26.2 Å². The van der Waals surface area contributed by atoms with E-state index in [0.29, 0.717) is 42.9 Å². The van der Waals surface area contributed by atoms with Crippen LogP contribution in [0.3, 0.4) is 0 Å². The fourth-order valence-corrected chi connectivity index (χ4v) is 13.3. The van der Waals surface area contributed by atoms with Gasteiger partial charge < -0.3 is 90.0 Å². The predicted molar refractivity (Wildman–Crippen MR) is 355 cm³/mol. The molecule has 0 radical (unpaired) electrons. The SMILES string of the molecule is COc1cccc2c1C(=O)c1c(O)c3c(c(O)c1C2=O)C[C@@](O)(C(=O)COC(=O)N(C)CCN(C)C(=O)OCc1ccc(NC(=O)[C@H](CCCNC(N)=O)NC(=O)[C@@H](NC(=O)CCCc2ccc(N4C(=O)C=CC4=O)cc2)C(C)C)cc1)C[C@@H]3O[C@H]1C[C@H]2[C@H](O[C@@H]3[C@@H](OC)OCCN32)[C@H](C)O1. The summed E-state index contributed by atoms with van der Waals surface area (Å²) in [5.41, 5.74) is 3.07. The number of aliphatic hydroxyl groups is 1. The van der Waals surface area contributed by atoms with Crippen LogP contribution in [0.1, 0.15) is 119 Å². The molecule has 4 aromatic carbocycles. The summed E-state index contributed by atoms with van der Waals surface area (Å²) >= 11 is 0. The summed E-state index contributed by atoms with van der Waals surface area (Å²) in [6, 6.07) is 14.2. The van der Waals surface area contributed by atoms with Crippen molar-refractivity contribution in [2.75, 3.05) is 77.9 Å². The molecule has 4 aromatic rings. The van der Waals surface area contributed by atoms with E-state index in [1.807, 2.05) is 0 Å². The number of hydrogen-bond donors (Lipinski definition) is 8. The monoisotopic (exact) mass is 1400 g/mol.